The van der Waals surface area contributed by atoms with Crippen LogP contribution in [0.15, 0.2) is 52.1 Å². The van der Waals surface area contributed by atoms with Crippen molar-refractivity contribution in [2.45, 2.75) is 26.7 Å². The molecule has 1 N–H and O–H groups in total. The number of rotatable bonds is 5. The van der Waals surface area contributed by atoms with Crippen LogP contribution >= 0.6 is 11.6 Å². The number of nitrogens with one attached hydrogen (secondary N) is 1. The lowest BCUT2D eigenvalue weighted by molar-refractivity contribution is -0.115. The molecule has 4 rings (SSSR count). The van der Waals surface area contributed by atoms with E-state index in [1.54, 1.807) is 12.3 Å². The number of fused-ring (bicyclic) bond motifs is 1. The first-order chi connectivity index (χ1) is 14.4. The van der Waals surface area contributed by atoms with Crippen LogP contribution in [0.1, 0.15) is 31.2 Å². The smallest absolute Gasteiger partial charge is 0.230 e. The maximum absolute atomic E-state index is 12.5. The van der Waals surface area contributed by atoms with Crippen LogP contribution in [-0.2, 0) is 4.79 Å². The third kappa shape index (κ3) is 4.09. The van der Waals surface area contributed by atoms with Gasteiger partial charge in [0.2, 0.25) is 5.91 Å². The van der Waals surface area contributed by atoms with Crippen molar-refractivity contribution in [3.63, 3.8) is 0 Å². The van der Waals surface area contributed by atoms with Gasteiger partial charge in [0, 0.05) is 26.1 Å². The second kappa shape index (κ2) is 8.32. The molecule has 1 aliphatic heterocycles. The minimum absolute atomic E-state index is 0.124. The molecular formula is C23H23ClN4O2. The Bertz CT molecular complexity index is 1140. The molecule has 2 heterocycles. The summed E-state index contributed by atoms with van der Waals surface area (Å²) < 4.78 is 5.33. The Morgan fingerprint density at radius 2 is 2.03 bits per heavy atom. The fraction of sp³-hybridized carbons (Fsp3) is 0.261. The summed E-state index contributed by atoms with van der Waals surface area (Å²) in [5, 5.41) is 3.52. The first kappa shape index (κ1) is 20.2. The fourth-order valence-electron chi connectivity index (χ4n) is 3.54. The van der Waals surface area contributed by atoms with Crippen LogP contribution in [0.2, 0.25) is 5.02 Å². The Kier molecular flexibility index (Phi) is 5.59. The molecule has 0 spiro atoms. The van der Waals surface area contributed by atoms with Gasteiger partial charge < -0.3 is 14.6 Å². The molecule has 1 amide bonds. The van der Waals surface area contributed by atoms with Crippen LogP contribution in [0, 0.1) is 6.92 Å². The van der Waals surface area contributed by atoms with E-state index >= 15 is 0 Å². The molecule has 0 bridgehead atoms. The molecule has 3 aromatic rings. The van der Waals surface area contributed by atoms with Crippen LogP contribution in [0.3, 0.4) is 0 Å². The molecule has 7 heteroatoms. The summed E-state index contributed by atoms with van der Waals surface area (Å²) in [4.78, 5) is 23.9. The summed E-state index contributed by atoms with van der Waals surface area (Å²) in [5.74, 6) is 0.483. The zero-order valence-electron chi connectivity index (χ0n) is 17.2. The van der Waals surface area contributed by atoms with Gasteiger partial charge in [-0.25, -0.2) is 4.98 Å². The molecule has 2 aromatic carbocycles. The van der Waals surface area contributed by atoms with Crippen molar-refractivity contribution in [2.75, 3.05) is 23.8 Å². The van der Waals surface area contributed by atoms with Gasteiger partial charge in [-0.3, -0.25) is 9.79 Å². The second-order valence-electron chi connectivity index (χ2n) is 7.36. The third-order valence-electron chi connectivity index (χ3n) is 5.00. The molecule has 0 radical (unpaired) electrons. The van der Waals surface area contributed by atoms with Gasteiger partial charge in [0.05, 0.1) is 34.2 Å². The predicted octanol–water partition coefficient (Wildman–Crippen LogP) is 5.61. The van der Waals surface area contributed by atoms with E-state index in [0.29, 0.717) is 28.0 Å². The first-order valence-electron chi connectivity index (χ1n) is 9.89. The first-order valence-corrected chi connectivity index (χ1v) is 10.3. The molecule has 6 nitrogen and oxygen atoms in total. The Hall–Kier alpha value is -3.12. The van der Waals surface area contributed by atoms with Crippen molar-refractivity contribution in [3.05, 3.63) is 59.1 Å². The van der Waals surface area contributed by atoms with Crippen LogP contribution in [0.5, 0.6) is 0 Å². The number of anilines is 2. The Balaban J connectivity index is 1.77. The average molecular weight is 423 g/mol. The molecule has 0 aliphatic carbocycles. The van der Waals surface area contributed by atoms with Gasteiger partial charge in [0.15, 0.2) is 5.89 Å². The Morgan fingerprint density at radius 3 is 2.77 bits per heavy atom. The maximum Gasteiger partial charge on any atom is 0.230 e. The molecule has 30 heavy (non-hydrogen) atoms. The highest BCUT2D eigenvalue weighted by Crippen LogP contribution is 2.38. The van der Waals surface area contributed by atoms with Gasteiger partial charge in [-0.05, 0) is 30.2 Å². The highest BCUT2D eigenvalue weighted by atomic mass is 35.5. The number of aryl methyl sites for hydroxylation is 1. The lowest BCUT2D eigenvalue weighted by Crippen LogP contribution is -2.18. The highest BCUT2D eigenvalue weighted by molar-refractivity contribution is 6.34. The van der Waals surface area contributed by atoms with E-state index in [1.807, 2.05) is 44.3 Å². The lowest BCUT2D eigenvalue weighted by Gasteiger charge is -2.21. The third-order valence-corrected chi connectivity index (χ3v) is 5.31. The number of hydrogen-bond donors (Lipinski definition) is 1. The highest BCUT2D eigenvalue weighted by Gasteiger charge is 2.20. The molecule has 0 unspecified atom stereocenters. The molecule has 1 aromatic heterocycles. The largest absolute Gasteiger partial charge is 0.449 e. The zero-order chi connectivity index (χ0) is 21.3. The molecule has 0 atom stereocenters. The number of amides is 1. The quantitative estimate of drug-likeness (QED) is 0.579. The maximum atomic E-state index is 12.5. The zero-order valence-corrected chi connectivity index (χ0v) is 18.0. The van der Waals surface area contributed by atoms with Crippen LogP contribution in [-0.4, -0.2) is 30.2 Å². The summed E-state index contributed by atoms with van der Waals surface area (Å²) in [6.45, 7) is 4.80. The Morgan fingerprint density at radius 1 is 1.23 bits per heavy atom. The number of carbonyl (C=O) groups is 1. The minimum atomic E-state index is -0.124. The van der Waals surface area contributed by atoms with Crippen LogP contribution < -0.4 is 10.2 Å². The van der Waals surface area contributed by atoms with Crippen molar-refractivity contribution >= 4 is 40.3 Å². The van der Waals surface area contributed by atoms with E-state index in [-0.39, 0.29) is 12.3 Å². The summed E-state index contributed by atoms with van der Waals surface area (Å²) in [6, 6.07) is 11.5. The number of nitrogens with zero attached hydrogens (tertiary/aromatic N) is 3. The number of oxazole rings is 1. The minimum Gasteiger partial charge on any atom is -0.449 e. The van der Waals surface area contributed by atoms with Crippen LogP contribution in [0.25, 0.3) is 11.3 Å². The molecule has 1 aliphatic rings. The van der Waals surface area contributed by atoms with Crippen molar-refractivity contribution in [1.82, 2.24) is 4.98 Å². The second-order valence-corrected chi connectivity index (χ2v) is 7.77. The van der Waals surface area contributed by atoms with Gasteiger partial charge in [0.25, 0.3) is 0 Å². The predicted molar refractivity (Wildman–Crippen MR) is 121 cm³/mol. The van der Waals surface area contributed by atoms with Crippen molar-refractivity contribution in [1.29, 1.82) is 0 Å². The van der Waals surface area contributed by atoms with Crippen molar-refractivity contribution in [3.8, 4) is 11.3 Å². The van der Waals surface area contributed by atoms with Gasteiger partial charge >= 0.3 is 0 Å². The number of aliphatic imine (C=N–C) groups is 1. The van der Waals surface area contributed by atoms with E-state index in [4.69, 9.17) is 21.0 Å². The number of halogens is 1. The van der Waals surface area contributed by atoms with E-state index in [9.17, 15) is 4.79 Å². The van der Waals surface area contributed by atoms with Crippen LogP contribution in [0.4, 0.5) is 17.1 Å². The molecule has 0 saturated carbocycles. The van der Waals surface area contributed by atoms with E-state index in [1.165, 1.54) is 0 Å². The van der Waals surface area contributed by atoms with E-state index in [0.717, 1.165) is 35.5 Å². The molecular weight excluding hydrogens is 400 g/mol. The summed E-state index contributed by atoms with van der Waals surface area (Å²) in [6.07, 6.45) is 2.81. The van der Waals surface area contributed by atoms with Gasteiger partial charge in [-0.2, -0.15) is 0 Å². The molecule has 0 saturated heterocycles. The molecule has 154 valence electrons. The lowest BCUT2D eigenvalue weighted by atomic mass is 10.0. The van der Waals surface area contributed by atoms with Crippen molar-refractivity contribution < 1.29 is 9.21 Å². The van der Waals surface area contributed by atoms with Gasteiger partial charge in [-0.1, -0.05) is 36.7 Å². The van der Waals surface area contributed by atoms with E-state index in [2.05, 4.69) is 22.1 Å². The number of hydrogen-bond acceptors (Lipinski definition) is 5. The van der Waals surface area contributed by atoms with Gasteiger partial charge in [-0.15, -0.1) is 0 Å². The van der Waals surface area contributed by atoms with Gasteiger partial charge in [0.1, 0.15) is 12.0 Å². The van der Waals surface area contributed by atoms with E-state index < -0.39 is 0 Å². The standard InChI is InChI=1S/C23H23ClN4O2/c1-4-8-28(3)22-11-20-19(10-17(22)24)27-23(29)12-18(26-20)15-6-5-7-16(9-15)21-13-30-14(2)25-21/h5-7,9-11,13H,4,8,12H2,1-3H3,(H,27,29). The topological polar surface area (TPSA) is 70.7 Å². The monoisotopic (exact) mass is 422 g/mol. The summed E-state index contributed by atoms with van der Waals surface area (Å²) in [7, 11) is 2.00. The summed E-state index contributed by atoms with van der Waals surface area (Å²) >= 11 is 6.48. The summed E-state index contributed by atoms with van der Waals surface area (Å²) in [5.41, 5.74) is 5.44. The fourth-order valence-corrected chi connectivity index (χ4v) is 3.85. The number of carbonyl (C=O) groups excluding carboxylic acids is 1. The number of benzene rings is 2. The Labute approximate surface area is 180 Å². The normalized spacial score (nSPS) is 13.3. The molecule has 0 fully saturated rings. The SMILES string of the molecule is CCCN(C)c1cc2c(cc1Cl)NC(=O)CC(c1cccc(-c3coc(C)n3)c1)=N2. The number of aromatic nitrogens is 1. The average Bonchev–Trinajstić information content (AvgIpc) is 3.08. The van der Waals surface area contributed by atoms with Crippen molar-refractivity contribution in [2.24, 2.45) is 4.99 Å².